The predicted octanol–water partition coefficient (Wildman–Crippen LogP) is 5.18. The van der Waals surface area contributed by atoms with Crippen LogP contribution in [0.25, 0.3) is 11.1 Å². The van der Waals surface area contributed by atoms with Crippen LogP contribution < -0.4 is 10.1 Å². The quantitative estimate of drug-likeness (QED) is 0.531. The van der Waals surface area contributed by atoms with Crippen LogP contribution in [0.5, 0.6) is 5.75 Å². The summed E-state index contributed by atoms with van der Waals surface area (Å²) in [5.74, 6) is 2.18. The van der Waals surface area contributed by atoms with Gasteiger partial charge in [-0.1, -0.05) is 37.6 Å². The van der Waals surface area contributed by atoms with E-state index in [1.807, 2.05) is 42.5 Å². The number of amides is 1. The largest absolute Gasteiger partial charge is 0.497 e. The number of carbonyl (C=O) groups is 1. The van der Waals surface area contributed by atoms with Gasteiger partial charge in [-0.15, -0.1) is 0 Å². The van der Waals surface area contributed by atoms with E-state index in [0.29, 0.717) is 11.6 Å². The Kier molecular flexibility index (Phi) is 7.01. The van der Waals surface area contributed by atoms with Crippen LogP contribution in [0.15, 0.2) is 46.9 Å². The number of benzene rings is 2. The van der Waals surface area contributed by atoms with Crippen LogP contribution in [0, 0.1) is 5.92 Å². The number of oxazole rings is 1. The van der Waals surface area contributed by atoms with Gasteiger partial charge in [0.15, 0.2) is 11.5 Å². The van der Waals surface area contributed by atoms with Crippen LogP contribution >= 0.6 is 11.6 Å². The second-order valence-corrected chi connectivity index (χ2v) is 9.21. The van der Waals surface area contributed by atoms with Gasteiger partial charge in [-0.05, 0) is 67.7 Å². The zero-order valence-electron chi connectivity index (χ0n) is 18.8. The number of aromatic nitrogens is 1. The van der Waals surface area contributed by atoms with Crippen molar-refractivity contribution < 1.29 is 13.9 Å². The summed E-state index contributed by atoms with van der Waals surface area (Å²) in [5.41, 5.74) is 2.65. The van der Waals surface area contributed by atoms with Gasteiger partial charge in [-0.25, -0.2) is 4.98 Å². The highest BCUT2D eigenvalue weighted by Crippen LogP contribution is 2.31. The van der Waals surface area contributed by atoms with Gasteiger partial charge in [0, 0.05) is 10.9 Å². The van der Waals surface area contributed by atoms with Crippen molar-refractivity contribution in [2.45, 2.75) is 38.6 Å². The molecule has 1 N–H and O–H groups in total. The molecule has 32 heavy (non-hydrogen) atoms. The Hall–Kier alpha value is -2.57. The molecule has 1 aliphatic heterocycles. The van der Waals surface area contributed by atoms with Crippen molar-refractivity contribution in [2.75, 3.05) is 26.7 Å². The van der Waals surface area contributed by atoms with Crippen molar-refractivity contribution in [1.82, 2.24) is 15.2 Å². The first-order valence-corrected chi connectivity index (χ1v) is 11.5. The summed E-state index contributed by atoms with van der Waals surface area (Å²) >= 11 is 6.06. The molecule has 1 aromatic heterocycles. The summed E-state index contributed by atoms with van der Waals surface area (Å²) in [6.45, 7) is 6.32. The molecule has 7 heteroatoms. The Labute approximate surface area is 193 Å². The van der Waals surface area contributed by atoms with Gasteiger partial charge in [0.25, 0.3) is 0 Å². The molecular formula is C25H30ClN3O3. The van der Waals surface area contributed by atoms with Crippen LogP contribution in [-0.4, -0.2) is 42.5 Å². The van der Waals surface area contributed by atoms with Gasteiger partial charge in [0.2, 0.25) is 5.91 Å². The molecular weight excluding hydrogens is 426 g/mol. The number of halogens is 1. The Morgan fingerprint density at radius 3 is 2.59 bits per heavy atom. The van der Waals surface area contributed by atoms with Crippen LogP contribution in [0.3, 0.4) is 0 Å². The summed E-state index contributed by atoms with van der Waals surface area (Å²) in [6, 6.07) is 13.4. The van der Waals surface area contributed by atoms with Crippen molar-refractivity contribution in [3.05, 3.63) is 58.9 Å². The number of carbonyl (C=O) groups excluding carboxylic acids is 1. The fourth-order valence-corrected chi connectivity index (χ4v) is 4.47. The second kappa shape index (κ2) is 9.92. The number of likely N-dealkylation sites (tertiary alicyclic amines) is 1. The lowest BCUT2D eigenvalue weighted by atomic mass is 9.95. The molecule has 1 atom stereocenters. The SMILES string of the molecule is COc1ccc(C(NC(=O)CN2CCC(c3nc4cc(Cl)ccc4o3)CC2)C(C)C)cc1. The normalized spacial score (nSPS) is 16.4. The van der Waals surface area contributed by atoms with E-state index in [0.717, 1.165) is 54.2 Å². The minimum atomic E-state index is -0.0301. The fraction of sp³-hybridized carbons (Fsp3) is 0.440. The van der Waals surface area contributed by atoms with Gasteiger partial charge in [0.05, 0.1) is 19.7 Å². The molecule has 2 heterocycles. The second-order valence-electron chi connectivity index (χ2n) is 8.78. The lowest BCUT2D eigenvalue weighted by Gasteiger charge is -2.31. The minimum Gasteiger partial charge on any atom is -0.497 e. The van der Waals surface area contributed by atoms with Crippen molar-refractivity contribution >= 4 is 28.6 Å². The first-order chi connectivity index (χ1) is 15.4. The Morgan fingerprint density at radius 2 is 1.94 bits per heavy atom. The number of fused-ring (bicyclic) bond motifs is 1. The third kappa shape index (κ3) is 5.25. The average molecular weight is 456 g/mol. The molecule has 0 spiro atoms. The minimum absolute atomic E-state index is 0.0301. The predicted molar refractivity (Wildman–Crippen MR) is 126 cm³/mol. The van der Waals surface area contributed by atoms with E-state index in [2.05, 4.69) is 29.0 Å². The summed E-state index contributed by atoms with van der Waals surface area (Å²) in [6.07, 6.45) is 1.83. The van der Waals surface area contributed by atoms with Crippen LogP contribution in [0.4, 0.5) is 0 Å². The van der Waals surface area contributed by atoms with E-state index in [1.165, 1.54) is 0 Å². The highest BCUT2D eigenvalue weighted by molar-refractivity contribution is 6.31. The van der Waals surface area contributed by atoms with E-state index in [4.69, 9.17) is 20.8 Å². The van der Waals surface area contributed by atoms with Crippen molar-refractivity contribution in [3.8, 4) is 5.75 Å². The van der Waals surface area contributed by atoms with Gasteiger partial charge >= 0.3 is 0 Å². The number of ether oxygens (including phenoxy) is 1. The molecule has 0 saturated carbocycles. The van der Waals surface area contributed by atoms with E-state index >= 15 is 0 Å². The molecule has 6 nitrogen and oxygen atoms in total. The lowest BCUT2D eigenvalue weighted by Crippen LogP contribution is -2.43. The standard InChI is InChI=1S/C25H30ClN3O3/c1-16(2)24(17-4-7-20(31-3)8-5-17)28-23(30)15-29-12-10-18(11-13-29)25-27-21-14-19(26)6-9-22(21)32-25/h4-9,14,16,18,24H,10-13,15H2,1-3H3,(H,28,30). The molecule has 4 rings (SSSR count). The van der Waals surface area contributed by atoms with Crippen molar-refractivity contribution in [2.24, 2.45) is 5.92 Å². The number of nitrogens with one attached hydrogen (secondary N) is 1. The average Bonchev–Trinajstić information content (AvgIpc) is 3.21. The molecule has 1 fully saturated rings. The summed E-state index contributed by atoms with van der Waals surface area (Å²) < 4.78 is 11.2. The summed E-state index contributed by atoms with van der Waals surface area (Å²) in [7, 11) is 1.65. The molecule has 1 aliphatic rings. The number of hydrogen-bond donors (Lipinski definition) is 1. The monoisotopic (exact) mass is 455 g/mol. The van der Waals surface area contributed by atoms with Gasteiger partial charge in [-0.2, -0.15) is 0 Å². The molecule has 1 amide bonds. The number of rotatable bonds is 7. The Morgan fingerprint density at radius 1 is 1.22 bits per heavy atom. The van der Waals surface area contributed by atoms with E-state index in [-0.39, 0.29) is 23.8 Å². The summed E-state index contributed by atoms with van der Waals surface area (Å²) in [4.78, 5) is 19.6. The van der Waals surface area contributed by atoms with Crippen molar-refractivity contribution in [3.63, 3.8) is 0 Å². The van der Waals surface area contributed by atoms with Crippen LogP contribution in [-0.2, 0) is 4.79 Å². The van der Waals surface area contributed by atoms with Crippen LogP contribution in [0.1, 0.15) is 50.1 Å². The number of methoxy groups -OCH3 is 1. The fourth-order valence-electron chi connectivity index (χ4n) is 4.30. The molecule has 1 saturated heterocycles. The molecule has 0 bridgehead atoms. The molecule has 1 unspecified atom stereocenters. The topological polar surface area (TPSA) is 67.6 Å². The lowest BCUT2D eigenvalue weighted by molar-refractivity contribution is -0.123. The Balaban J connectivity index is 1.31. The molecule has 0 aliphatic carbocycles. The maximum atomic E-state index is 12.8. The zero-order valence-corrected chi connectivity index (χ0v) is 19.6. The molecule has 2 aromatic carbocycles. The summed E-state index contributed by atoms with van der Waals surface area (Å²) in [5, 5.41) is 3.88. The number of piperidine rings is 1. The van der Waals surface area contributed by atoms with E-state index in [1.54, 1.807) is 7.11 Å². The highest BCUT2D eigenvalue weighted by Gasteiger charge is 2.27. The third-order valence-corrected chi connectivity index (χ3v) is 6.36. The molecule has 0 radical (unpaired) electrons. The van der Waals surface area contributed by atoms with Gasteiger partial charge in [-0.3, -0.25) is 9.69 Å². The van der Waals surface area contributed by atoms with Gasteiger partial charge in [0.1, 0.15) is 11.3 Å². The number of nitrogens with zero attached hydrogens (tertiary/aromatic N) is 2. The van der Waals surface area contributed by atoms with Gasteiger partial charge < -0.3 is 14.5 Å². The number of hydrogen-bond acceptors (Lipinski definition) is 5. The molecule has 170 valence electrons. The maximum absolute atomic E-state index is 12.8. The first kappa shape index (κ1) is 22.6. The maximum Gasteiger partial charge on any atom is 0.234 e. The zero-order chi connectivity index (χ0) is 22.7. The third-order valence-electron chi connectivity index (χ3n) is 6.13. The van der Waals surface area contributed by atoms with E-state index < -0.39 is 0 Å². The highest BCUT2D eigenvalue weighted by atomic mass is 35.5. The Bertz CT molecular complexity index is 1060. The first-order valence-electron chi connectivity index (χ1n) is 11.1. The van der Waals surface area contributed by atoms with E-state index in [9.17, 15) is 4.79 Å². The molecule has 3 aromatic rings. The smallest absolute Gasteiger partial charge is 0.234 e. The van der Waals surface area contributed by atoms with Crippen molar-refractivity contribution in [1.29, 1.82) is 0 Å². The van der Waals surface area contributed by atoms with Crippen LogP contribution in [0.2, 0.25) is 5.02 Å².